The highest BCUT2D eigenvalue weighted by molar-refractivity contribution is 7.89. The van der Waals surface area contributed by atoms with Gasteiger partial charge in [-0.3, -0.25) is 10.1 Å². The number of nitrogens with zero attached hydrogens (tertiary/aromatic N) is 2. The summed E-state index contributed by atoms with van der Waals surface area (Å²) in [6, 6.07) is 16.5. The van der Waals surface area contributed by atoms with Crippen LogP contribution in [0.1, 0.15) is 26.5 Å². The lowest BCUT2D eigenvalue weighted by molar-refractivity contribution is -0.929. The Morgan fingerprint density at radius 1 is 1.09 bits per heavy atom. The number of aromatic nitrogens is 1. The fraction of sp³-hybridized carbons (Fsp3) is 0.333. The zero-order chi connectivity index (χ0) is 23.5. The molecule has 1 amide bonds. The number of anilines is 1. The van der Waals surface area contributed by atoms with Gasteiger partial charge in [-0.2, -0.15) is 4.31 Å². The van der Waals surface area contributed by atoms with E-state index < -0.39 is 10.0 Å². The number of benzene rings is 2. The molecule has 3 aromatic rings. The molecule has 0 bridgehead atoms. The minimum absolute atomic E-state index is 0.178. The number of carbonyl (C=O) groups is 1. The van der Waals surface area contributed by atoms with Gasteiger partial charge in [0.05, 0.1) is 35.2 Å². The van der Waals surface area contributed by atoms with Crippen LogP contribution in [-0.4, -0.2) is 56.5 Å². The molecule has 178 valence electrons. The van der Waals surface area contributed by atoms with Gasteiger partial charge in [0.15, 0.2) is 5.13 Å². The second kappa shape index (κ2) is 9.93. The fourth-order valence-corrected chi connectivity index (χ4v) is 6.78. The lowest BCUT2D eigenvalue weighted by Gasteiger charge is -2.26. The largest absolute Gasteiger partial charge is 0.379 e. The third-order valence-electron chi connectivity index (χ3n) is 6.15. The molecule has 2 aromatic carbocycles. The molecule has 0 saturated carbocycles. The number of hydrogen-bond acceptors (Lipinski definition) is 6. The van der Waals surface area contributed by atoms with Gasteiger partial charge < -0.3 is 9.64 Å². The number of ether oxygens (including phenoxy) is 1. The molecule has 34 heavy (non-hydrogen) atoms. The maximum absolute atomic E-state index is 12.8. The summed E-state index contributed by atoms with van der Waals surface area (Å²) in [5.74, 6) is -0.296. The number of sulfonamides is 1. The summed E-state index contributed by atoms with van der Waals surface area (Å²) in [5, 5.41) is 3.47. The van der Waals surface area contributed by atoms with Crippen molar-refractivity contribution in [1.29, 1.82) is 0 Å². The Balaban J connectivity index is 1.22. The van der Waals surface area contributed by atoms with Crippen LogP contribution >= 0.6 is 11.3 Å². The van der Waals surface area contributed by atoms with Crippen molar-refractivity contribution < 1.29 is 22.8 Å². The molecule has 1 fully saturated rings. The minimum Gasteiger partial charge on any atom is -0.379 e. The molecule has 1 saturated heterocycles. The topological polar surface area (TPSA) is 93.0 Å². The molecule has 0 aliphatic carbocycles. The Kier molecular flexibility index (Phi) is 6.75. The quantitative estimate of drug-likeness (QED) is 0.537. The lowest BCUT2D eigenvalue weighted by Crippen LogP contribution is -3.10. The zero-order valence-corrected chi connectivity index (χ0v) is 20.3. The number of morpholine rings is 1. The molecule has 2 aliphatic heterocycles. The molecular formula is C24H27N4O4S2+. The van der Waals surface area contributed by atoms with Crippen LogP contribution in [0.25, 0.3) is 0 Å². The second-order valence-corrected chi connectivity index (χ2v) is 11.5. The van der Waals surface area contributed by atoms with Crippen LogP contribution in [0.5, 0.6) is 0 Å². The average molecular weight is 500 g/mol. The fourth-order valence-electron chi connectivity index (χ4n) is 4.30. The molecule has 1 unspecified atom stereocenters. The van der Waals surface area contributed by atoms with E-state index in [2.05, 4.69) is 34.6 Å². The van der Waals surface area contributed by atoms with E-state index in [0.29, 0.717) is 37.0 Å². The van der Waals surface area contributed by atoms with Crippen LogP contribution in [0.4, 0.5) is 5.13 Å². The second-order valence-electron chi connectivity index (χ2n) is 8.47. The predicted molar refractivity (Wildman–Crippen MR) is 129 cm³/mol. The number of hydrogen-bond donors (Lipinski definition) is 2. The summed E-state index contributed by atoms with van der Waals surface area (Å²) in [6.45, 7) is 4.34. The molecular weight excluding hydrogens is 472 g/mol. The van der Waals surface area contributed by atoms with Crippen molar-refractivity contribution in [3.05, 3.63) is 76.3 Å². The molecule has 10 heteroatoms. The number of nitrogens with one attached hydrogen (secondary N) is 2. The van der Waals surface area contributed by atoms with Crippen LogP contribution in [0.3, 0.4) is 0 Å². The van der Waals surface area contributed by atoms with Crippen molar-refractivity contribution in [2.75, 3.05) is 38.2 Å². The van der Waals surface area contributed by atoms with E-state index in [-0.39, 0.29) is 10.8 Å². The molecule has 1 atom stereocenters. The number of quaternary nitrogens is 1. The van der Waals surface area contributed by atoms with Crippen LogP contribution in [0.2, 0.25) is 0 Å². The van der Waals surface area contributed by atoms with E-state index >= 15 is 0 Å². The van der Waals surface area contributed by atoms with Gasteiger partial charge in [0.1, 0.15) is 13.1 Å². The Morgan fingerprint density at radius 2 is 1.82 bits per heavy atom. The van der Waals surface area contributed by atoms with Gasteiger partial charge in [-0.25, -0.2) is 13.4 Å². The molecule has 3 heterocycles. The standard InChI is InChI=1S/C24H26N4O4S2/c29-23(19-6-8-20(9-7-19)34(30,31)28-12-14-32-15-13-28)26-24-25-21-10-11-27(17-22(21)33-24)16-18-4-2-1-3-5-18/h1-9H,10-17H2,(H,25,26,29)/p+1. The van der Waals surface area contributed by atoms with Crippen molar-refractivity contribution in [3.63, 3.8) is 0 Å². The van der Waals surface area contributed by atoms with Gasteiger partial charge in [0.2, 0.25) is 10.0 Å². The number of carbonyl (C=O) groups excluding carboxylic acids is 1. The SMILES string of the molecule is O=C(Nc1nc2c(s1)C[NH+](Cc1ccccc1)CC2)c1ccc(S(=O)(=O)N2CCOCC2)cc1. The normalized spacial score (nSPS) is 18.9. The van der Waals surface area contributed by atoms with Gasteiger partial charge in [-0.15, -0.1) is 0 Å². The van der Waals surface area contributed by atoms with Crippen LogP contribution in [0, 0.1) is 0 Å². The summed E-state index contributed by atoms with van der Waals surface area (Å²) < 4.78 is 32.2. The molecule has 2 N–H and O–H groups in total. The Bertz CT molecular complexity index is 1250. The predicted octanol–water partition coefficient (Wildman–Crippen LogP) is 1.56. The zero-order valence-electron chi connectivity index (χ0n) is 18.7. The maximum atomic E-state index is 12.8. The number of amides is 1. The van der Waals surface area contributed by atoms with Gasteiger partial charge in [0, 0.05) is 30.6 Å². The molecule has 0 spiro atoms. The van der Waals surface area contributed by atoms with Gasteiger partial charge in [-0.1, -0.05) is 41.7 Å². The van der Waals surface area contributed by atoms with E-state index in [1.54, 1.807) is 12.1 Å². The highest BCUT2D eigenvalue weighted by atomic mass is 32.2. The monoisotopic (exact) mass is 499 g/mol. The first kappa shape index (κ1) is 23.1. The van der Waals surface area contributed by atoms with Crippen LogP contribution < -0.4 is 10.2 Å². The molecule has 5 rings (SSSR count). The van der Waals surface area contributed by atoms with E-state index in [0.717, 1.165) is 31.7 Å². The lowest BCUT2D eigenvalue weighted by atomic mass is 10.1. The van der Waals surface area contributed by atoms with E-state index in [1.165, 1.54) is 43.1 Å². The maximum Gasteiger partial charge on any atom is 0.257 e. The molecule has 0 radical (unpaired) electrons. The number of thiazole rings is 1. The van der Waals surface area contributed by atoms with Crippen LogP contribution in [0.15, 0.2) is 59.5 Å². The van der Waals surface area contributed by atoms with E-state index in [1.807, 2.05) is 6.07 Å². The Labute approximate surface area is 203 Å². The van der Waals surface area contributed by atoms with Crippen molar-refractivity contribution in [1.82, 2.24) is 9.29 Å². The highest BCUT2D eigenvalue weighted by Gasteiger charge is 2.27. The summed E-state index contributed by atoms with van der Waals surface area (Å²) in [5.41, 5.74) is 2.77. The van der Waals surface area contributed by atoms with Gasteiger partial charge >= 0.3 is 0 Å². The third-order valence-corrected chi connectivity index (χ3v) is 9.07. The first-order chi connectivity index (χ1) is 16.5. The summed E-state index contributed by atoms with van der Waals surface area (Å²) in [6.07, 6.45) is 0.887. The summed E-state index contributed by atoms with van der Waals surface area (Å²) in [7, 11) is -3.58. The Hall–Kier alpha value is -2.63. The number of rotatable bonds is 6. The Morgan fingerprint density at radius 3 is 2.56 bits per heavy atom. The first-order valence-corrected chi connectivity index (χ1v) is 13.6. The van der Waals surface area contributed by atoms with Crippen molar-refractivity contribution in [3.8, 4) is 0 Å². The highest BCUT2D eigenvalue weighted by Crippen LogP contribution is 2.25. The van der Waals surface area contributed by atoms with Crippen molar-refractivity contribution >= 4 is 32.4 Å². The molecule has 8 nitrogen and oxygen atoms in total. The van der Waals surface area contributed by atoms with Crippen molar-refractivity contribution in [2.24, 2.45) is 0 Å². The summed E-state index contributed by atoms with van der Waals surface area (Å²) in [4.78, 5) is 20.3. The van der Waals surface area contributed by atoms with E-state index in [4.69, 9.17) is 4.74 Å². The van der Waals surface area contributed by atoms with Gasteiger partial charge in [0.25, 0.3) is 5.91 Å². The number of fused-ring (bicyclic) bond motifs is 1. The third kappa shape index (κ3) is 5.06. The van der Waals surface area contributed by atoms with Gasteiger partial charge in [-0.05, 0) is 24.3 Å². The molecule has 1 aromatic heterocycles. The van der Waals surface area contributed by atoms with E-state index in [9.17, 15) is 13.2 Å². The molecule has 2 aliphatic rings. The average Bonchev–Trinajstić information content (AvgIpc) is 3.27. The first-order valence-electron chi connectivity index (χ1n) is 11.3. The smallest absolute Gasteiger partial charge is 0.257 e. The summed E-state index contributed by atoms with van der Waals surface area (Å²) >= 11 is 1.52. The van der Waals surface area contributed by atoms with Crippen molar-refractivity contribution in [2.45, 2.75) is 24.4 Å². The van der Waals surface area contributed by atoms with Crippen LogP contribution in [-0.2, 0) is 34.3 Å². The minimum atomic E-state index is -3.58.